The molecule has 0 fully saturated rings. The first-order valence-electron chi connectivity index (χ1n) is 14.3. The molecule has 0 bridgehead atoms. The molecule has 220 valence electrons. The fraction of sp³-hybridized carbons (Fsp3) is 0.500. The van der Waals surface area contributed by atoms with Crippen molar-refractivity contribution in [1.82, 2.24) is 0 Å². The Morgan fingerprint density at radius 3 is 1.12 bits per heavy atom. The van der Waals surface area contributed by atoms with Crippen LogP contribution >= 0.6 is 0 Å². The van der Waals surface area contributed by atoms with E-state index >= 15 is 0 Å². The quantitative estimate of drug-likeness (QED) is 0.122. The smallest absolute Gasteiger partial charge is 0.545 e. The molecular formula is C32H42CdO8. The fourth-order valence-corrected chi connectivity index (χ4v) is 3.93. The third-order valence-corrected chi connectivity index (χ3v) is 6.20. The van der Waals surface area contributed by atoms with Crippen molar-refractivity contribution in [1.29, 1.82) is 0 Å². The van der Waals surface area contributed by atoms with Gasteiger partial charge in [-0.25, -0.2) is 9.59 Å². The summed E-state index contributed by atoms with van der Waals surface area (Å²) < 4.78 is 10.2. The molecule has 0 spiro atoms. The van der Waals surface area contributed by atoms with Crippen molar-refractivity contribution >= 4 is 23.9 Å². The number of esters is 2. The topological polar surface area (TPSA) is 133 Å². The first kappa shape index (κ1) is 38.2. The summed E-state index contributed by atoms with van der Waals surface area (Å²) in [5.74, 6) is -3.93. The van der Waals surface area contributed by atoms with E-state index in [-0.39, 0.29) is 49.6 Å². The molecule has 41 heavy (non-hydrogen) atoms. The van der Waals surface area contributed by atoms with E-state index in [9.17, 15) is 29.4 Å². The number of carboxylic acid groups (broad SMARTS) is 2. The largest absolute Gasteiger partial charge is 2.00 e. The van der Waals surface area contributed by atoms with Gasteiger partial charge >= 0.3 is 39.2 Å². The van der Waals surface area contributed by atoms with Crippen LogP contribution in [0.1, 0.15) is 132 Å². The average Bonchev–Trinajstić information content (AvgIpc) is 2.96. The summed E-state index contributed by atoms with van der Waals surface area (Å²) in [5, 5.41) is 21.8. The van der Waals surface area contributed by atoms with Gasteiger partial charge in [-0.3, -0.25) is 0 Å². The molecule has 9 heteroatoms. The molecule has 0 aliphatic carbocycles. The standard InChI is InChI=1S/2C16H22O4.Cd/c2*1-2-3-4-5-6-9-12-20-16(19)14-11-8-7-10-13(14)15(17)18;/h2*7-8,10-11H,2-6,9,12H2,1H3,(H,17,18);/q;;+2/p-2. The SMILES string of the molecule is CCCCCCCCOC(=O)c1ccccc1C(=O)[O-].CCCCCCCCOC(=O)c1ccccc1C(=O)[O-].[Cd+2]. The van der Waals surface area contributed by atoms with Gasteiger partial charge in [-0.15, -0.1) is 0 Å². The zero-order valence-electron chi connectivity index (χ0n) is 24.5. The molecule has 0 aromatic heterocycles. The third kappa shape index (κ3) is 16.3. The van der Waals surface area contributed by atoms with Crippen LogP contribution in [-0.4, -0.2) is 37.1 Å². The van der Waals surface area contributed by atoms with Gasteiger partial charge in [0.05, 0.1) is 36.3 Å². The molecular weight excluding hydrogens is 625 g/mol. The Balaban J connectivity index is 0.000000762. The van der Waals surface area contributed by atoms with E-state index in [4.69, 9.17) is 9.47 Å². The van der Waals surface area contributed by atoms with Gasteiger partial charge in [-0.1, -0.05) is 114 Å². The van der Waals surface area contributed by atoms with Gasteiger partial charge < -0.3 is 29.3 Å². The zero-order chi connectivity index (χ0) is 29.6. The summed E-state index contributed by atoms with van der Waals surface area (Å²) in [4.78, 5) is 45.4. The minimum absolute atomic E-state index is 0. The molecule has 0 radical (unpaired) electrons. The van der Waals surface area contributed by atoms with Crippen LogP contribution in [0.2, 0.25) is 0 Å². The Hall–Kier alpha value is -2.76. The fourth-order valence-electron chi connectivity index (χ4n) is 3.93. The van der Waals surface area contributed by atoms with Crippen LogP contribution < -0.4 is 10.2 Å². The van der Waals surface area contributed by atoms with Crippen molar-refractivity contribution < 1.29 is 66.2 Å². The van der Waals surface area contributed by atoms with Crippen LogP contribution in [0.5, 0.6) is 0 Å². The molecule has 0 aliphatic heterocycles. The van der Waals surface area contributed by atoms with E-state index in [1.54, 1.807) is 24.3 Å². The van der Waals surface area contributed by atoms with Gasteiger partial charge in [-0.05, 0) is 25.0 Å². The van der Waals surface area contributed by atoms with E-state index in [2.05, 4.69) is 13.8 Å². The van der Waals surface area contributed by atoms with Gasteiger partial charge in [0.1, 0.15) is 0 Å². The molecule has 2 aromatic carbocycles. The van der Waals surface area contributed by atoms with Crippen LogP contribution in [0.4, 0.5) is 0 Å². The van der Waals surface area contributed by atoms with Crippen LogP contribution in [0.25, 0.3) is 0 Å². The summed E-state index contributed by atoms with van der Waals surface area (Å²) >= 11 is 0. The number of benzene rings is 2. The van der Waals surface area contributed by atoms with Crippen molar-refractivity contribution in [2.75, 3.05) is 13.2 Å². The zero-order valence-corrected chi connectivity index (χ0v) is 28.5. The maximum absolute atomic E-state index is 11.8. The minimum Gasteiger partial charge on any atom is -0.545 e. The Morgan fingerprint density at radius 2 is 0.805 bits per heavy atom. The summed E-state index contributed by atoms with van der Waals surface area (Å²) in [7, 11) is 0. The Bertz CT molecular complexity index is 970. The van der Waals surface area contributed by atoms with Gasteiger partial charge in [-0.2, -0.15) is 0 Å². The number of carbonyl (C=O) groups is 4. The second kappa shape index (κ2) is 23.9. The van der Waals surface area contributed by atoms with Gasteiger partial charge in [0.2, 0.25) is 0 Å². The number of hydrogen-bond acceptors (Lipinski definition) is 8. The molecule has 0 atom stereocenters. The Kier molecular flexibility index (Phi) is 22.3. The summed E-state index contributed by atoms with van der Waals surface area (Å²) in [6, 6.07) is 11.9. The first-order valence-corrected chi connectivity index (χ1v) is 14.3. The van der Waals surface area contributed by atoms with E-state index < -0.39 is 23.9 Å². The number of hydrogen-bond donors (Lipinski definition) is 0. The molecule has 0 saturated carbocycles. The molecule has 8 nitrogen and oxygen atoms in total. The molecule has 0 amide bonds. The molecule has 2 aromatic rings. The van der Waals surface area contributed by atoms with Gasteiger partial charge in [0.15, 0.2) is 0 Å². The summed E-state index contributed by atoms with van der Waals surface area (Å²) in [6.07, 6.45) is 13.2. The molecule has 0 heterocycles. The normalized spacial score (nSPS) is 10.0. The first-order chi connectivity index (χ1) is 19.3. The third-order valence-electron chi connectivity index (χ3n) is 6.20. The van der Waals surface area contributed by atoms with Crippen molar-refractivity contribution in [2.24, 2.45) is 0 Å². The van der Waals surface area contributed by atoms with E-state index in [0.29, 0.717) is 13.2 Å². The maximum atomic E-state index is 11.8. The number of rotatable bonds is 18. The van der Waals surface area contributed by atoms with Crippen LogP contribution in [-0.2, 0) is 36.8 Å². The predicted octanol–water partition coefficient (Wildman–Crippen LogP) is 5.13. The Morgan fingerprint density at radius 1 is 0.512 bits per heavy atom. The predicted molar refractivity (Wildman–Crippen MR) is 149 cm³/mol. The number of aromatic carboxylic acids is 2. The maximum Gasteiger partial charge on any atom is 2.00 e. The summed E-state index contributed by atoms with van der Waals surface area (Å²) in [6.45, 7) is 4.98. The molecule has 2 rings (SSSR count). The van der Waals surface area contributed by atoms with Crippen molar-refractivity contribution in [3.8, 4) is 0 Å². The number of carbonyl (C=O) groups excluding carboxylic acids is 4. The molecule has 0 saturated heterocycles. The van der Waals surface area contributed by atoms with E-state index in [0.717, 1.165) is 38.5 Å². The molecule has 0 unspecified atom stereocenters. The van der Waals surface area contributed by atoms with Crippen molar-refractivity contribution in [3.05, 3.63) is 70.8 Å². The van der Waals surface area contributed by atoms with E-state index in [1.165, 1.54) is 62.8 Å². The van der Waals surface area contributed by atoms with Gasteiger partial charge in [0, 0.05) is 11.1 Å². The number of carboxylic acids is 2. The van der Waals surface area contributed by atoms with Crippen LogP contribution in [0.15, 0.2) is 48.5 Å². The monoisotopic (exact) mass is 668 g/mol. The molecule has 0 aliphatic rings. The van der Waals surface area contributed by atoms with Gasteiger partial charge in [0.25, 0.3) is 0 Å². The van der Waals surface area contributed by atoms with E-state index in [1.807, 2.05) is 0 Å². The average molecular weight is 667 g/mol. The molecule has 0 N–H and O–H groups in total. The van der Waals surface area contributed by atoms with Crippen molar-refractivity contribution in [2.45, 2.75) is 90.9 Å². The second-order valence-electron chi connectivity index (χ2n) is 9.47. The van der Waals surface area contributed by atoms with Crippen LogP contribution in [0.3, 0.4) is 0 Å². The Labute approximate surface area is 264 Å². The number of ether oxygens (including phenoxy) is 2. The van der Waals surface area contributed by atoms with Crippen molar-refractivity contribution in [3.63, 3.8) is 0 Å². The minimum atomic E-state index is -1.36. The second-order valence-corrected chi connectivity index (χ2v) is 9.47. The number of unbranched alkanes of at least 4 members (excludes halogenated alkanes) is 10. The summed E-state index contributed by atoms with van der Waals surface area (Å²) in [5.41, 5.74) is -0.141. The van der Waals surface area contributed by atoms with Crippen LogP contribution in [0, 0.1) is 0 Å².